The predicted octanol–water partition coefficient (Wildman–Crippen LogP) is 0.797. The number of carboxylic acids is 1. The lowest BCUT2D eigenvalue weighted by Crippen LogP contribution is -2.44. The summed E-state index contributed by atoms with van der Waals surface area (Å²) in [5, 5.41) is 11.8. The highest BCUT2D eigenvalue weighted by atomic mass is 16.4. The van der Waals surface area contributed by atoms with Gasteiger partial charge in [-0.25, -0.2) is 4.79 Å². The van der Waals surface area contributed by atoms with E-state index in [1.54, 1.807) is 42.3 Å². The van der Waals surface area contributed by atoms with Gasteiger partial charge in [-0.15, -0.1) is 0 Å². The molecule has 1 heterocycles. The number of aliphatic carboxylic acids is 1. The molecule has 0 saturated carbocycles. The zero-order valence-electron chi connectivity index (χ0n) is 11.8. The first kappa shape index (κ1) is 15.0. The van der Waals surface area contributed by atoms with Crippen molar-refractivity contribution in [3.8, 4) is 0 Å². The Bertz CT molecular complexity index is 544. The Morgan fingerprint density at radius 1 is 1.33 bits per heavy atom. The highest BCUT2D eigenvalue weighted by molar-refractivity contribution is 5.89. The van der Waals surface area contributed by atoms with Crippen LogP contribution >= 0.6 is 0 Å². The van der Waals surface area contributed by atoms with Gasteiger partial charge >= 0.3 is 5.97 Å². The fraction of sp³-hybridized carbons (Fsp3) is 0.400. The van der Waals surface area contributed by atoms with E-state index in [1.807, 2.05) is 0 Å². The number of likely N-dealkylation sites (tertiary alicyclic amines) is 1. The van der Waals surface area contributed by atoms with Gasteiger partial charge in [-0.3, -0.25) is 9.59 Å². The van der Waals surface area contributed by atoms with E-state index in [1.165, 1.54) is 0 Å². The molecule has 1 aromatic carbocycles. The van der Waals surface area contributed by atoms with Gasteiger partial charge in [0.2, 0.25) is 11.8 Å². The number of carboxylic acid groups (broad SMARTS) is 1. The molecule has 6 nitrogen and oxygen atoms in total. The number of hydrogen-bond acceptors (Lipinski definition) is 3. The zero-order valence-corrected chi connectivity index (χ0v) is 11.8. The molecule has 6 heteroatoms. The summed E-state index contributed by atoms with van der Waals surface area (Å²) in [6.45, 7) is 0.514. The maximum atomic E-state index is 12.2. The van der Waals surface area contributed by atoms with Crippen molar-refractivity contribution in [2.75, 3.05) is 13.6 Å². The van der Waals surface area contributed by atoms with E-state index >= 15 is 0 Å². The molecule has 1 aliphatic rings. The average molecular weight is 290 g/mol. The van der Waals surface area contributed by atoms with Crippen LogP contribution in [0.5, 0.6) is 0 Å². The monoisotopic (exact) mass is 290 g/mol. The Kier molecular flexibility index (Phi) is 4.57. The van der Waals surface area contributed by atoms with Gasteiger partial charge in [0.25, 0.3) is 0 Å². The van der Waals surface area contributed by atoms with Gasteiger partial charge in [0.15, 0.2) is 6.04 Å². The highest BCUT2D eigenvalue weighted by Gasteiger charge is 2.31. The molecule has 2 amide bonds. The van der Waals surface area contributed by atoms with Crippen LogP contribution in [0.3, 0.4) is 0 Å². The highest BCUT2D eigenvalue weighted by Crippen LogP contribution is 2.20. The SMILES string of the molecule is CN1CC[C@H](C(=O)N[C@H](C(=O)O)c2ccccc2)CC1=O. The molecule has 2 rings (SSSR count). The van der Waals surface area contributed by atoms with E-state index < -0.39 is 17.9 Å². The fourth-order valence-electron chi connectivity index (χ4n) is 2.36. The summed E-state index contributed by atoms with van der Waals surface area (Å²) in [4.78, 5) is 36.7. The quantitative estimate of drug-likeness (QED) is 0.858. The van der Waals surface area contributed by atoms with Crippen LogP contribution in [0, 0.1) is 5.92 Å². The van der Waals surface area contributed by atoms with Crippen LogP contribution in [0.2, 0.25) is 0 Å². The van der Waals surface area contributed by atoms with Crippen LogP contribution in [0.15, 0.2) is 30.3 Å². The van der Waals surface area contributed by atoms with E-state index in [2.05, 4.69) is 5.32 Å². The van der Waals surface area contributed by atoms with Gasteiger partial charge in [-0.1, -0.05) is 30.3 Å². The summed E-state index contributed by atoms with van der Waals surface area (Å²) in [6, 6.07) is 7.43. The third-order valence-corrected chi connectivity index (χ3v) is 3.70. The second-order valence-corrected chi connectivity index (χ2v) is 5.20. The standard InChI is InChI=1S/C15H18N2O4/c1-17-8-7-11(9-12(17)18)14(19)16-13(15(20)21)10-5-3-2-4-6-10/h2-6,11,13H,7-9H2,1H3,(H,16,19)(H,20,21)/t11-,13-/m0/s1. The fourth-order valence-corrected chi connectivity index (χ4v) is 2.36. The third-order valence-electron chi connectivity index (χ3n) is 3.70. The smallest absolute Gasteiger partial charge is 0.330 e. The molecule has 1 saturated heterocycles. The minimum atomic E-state index is -1.12. The molecule has 2 N–H and O–H groups in total. The number of amides is 2. The van der Waals surface area contributed by atoms with Gasteiger partial charge in [0, 0.05) is 25.9 Å². The number of rotatable bonds is 4. The summed E-state index contributed by atoms with van der Waals surface area (Å²) >= 11 is 0. The van der Waals surface area contributed by atoms with E-state index in [0.717, 1.165) is 0 Å². The van der Waals surface area contributed by atoms with E-state index in [-0.39, 0.29) is 18.2 Å². The number of hydrogen-bond donors (Lipinski definition) is 2. The van der Waals surface area contributed by atoms with Crippen LogP contribution in [-0.4, -0.2) is 41.4 Å². The summed E-state index contributed by atoms with van der Waals surface area (Å²) in [5.74, 6) is -2.05. The summed E-state index contributed by atoms with van der Waals surface area (Å²) in [5.41, 5.74) is 0.512. The van der Waals surface area contributed by atoms with Crippen LogP contribution in [0.1, 0.15) is 24.4 Å². The second kappa shape index (κ2) is 6.39. The molecule has 21 heavy (non-hydrogen) atoms. The summed E-state index contributed by atoms with van der Waals surface area (Å²) < 4.78 is 0. The van der Waals surface area contributed by atoms with Crippen molar-refractivity contribution in [1.29, 1.82) is 0 Å². The van der Waals surface area contributed by atoms with E-state index in [4.69, 9.17) is 0 Å². The van der Waals surface area contributed by atoms with Crippen LogP contribution in [0.25, 0.3) is 0 Å². The number of piperidine rings is 1. The van der Waals surface area contributed by atoms with Gasteiger partial charge in [0.05, 0.1) is 0 Å². The lowest BCUT2D eigenvalue weighted by atomic mass is 9.95. The van der Waals surface area contributed by atoms with Crippen molar-refractivity contribution >= 4 is 17.8 Å². The van der Waals surface area contributed by atoms with E-state index in [0.29, 0.717) is 18.5 Å². The van der Waals surface area contributed by atoms with Crippen LogP contribution in [0.4, 0.5) is 0 Å². The first-order valence-corrected chi connectivity index (χ1v) is 6.81. The molecule has 0 unspecified atom stereocenters. The van der Waals surface area contributed by atoms with E-state index in [9.17, 15) is 19.5 Å². The van der Waals surface area contributed by atoms with Gasteiger partial charge < -0.3 is 15.3 Å². The normalized spacial score (nSPS) is 20.0. The van der Waals surface area contributed by atoms with Crippen LogP contribution < -0.4 is 5.32 Å². The summed E-state index contributed by atoms with van der Waals surface area (Å²) in [6.07, 6.45) is 0.679. The Morgan fingerprint density at radius 3 is 2.57 bits per heavy atom. The maximum Gasteiger partial charge on any atom is 0.330 e. The zero-order chi connectivity index (χ0) is 15.4. The topological polar surface area (TPSA) is 86.7 Å². The number of nitrogens with one attached hydrogen (secondary N) is 1. The van der Waals surface area contributed by atoms with Crippen LogP contribution in [-0.2, 0) is 14.4 Å². The Hall–Kier alpha value is -2.37. The maximum absolute atomic E-state index is 12.2. The third kappa shape index (κ3) is 3.59. The molecule has 0 spiro atoms. The van der Waals surface area contributed by atoms with Gasteiger partial charge in [0.1, 0.15) is 0 Å². The van der Waals surface area contributed by atoms with Crippen molar-refractivity contribution in [3.05, 3.63) is 35.9 Å². The number of carbonyl (C=O) groups excluding carboxylic acids is 2. The number of benzene rings is 1. The largest absolute Gasteiger partial charge is 0.479 e. The molecular formula is C15H18N2O4. The second-order valence-electron chi connectivity index (χ2n) is 5.20. The minimum absolute atomic E-state index is 0.0898. The molecule has 112 valence electrons. The Labute approximate surface area is 122 Å². The average Bonchev–Trinajstić information content (AvgIpc) is 2.48. The molecule has 1 aliphatic heterocycles. The van der Waals surface area contributed by atoms with Gasteiger partial charge in [-0.2, -0.15) is 0 Å². The molecular weight excluding hydrogens is 272 g/mol. The van der Waals surface area contributed by atoms with Crippen molar-refractivity contribution in [1.82, 2.24) is 10.2 Å². The molecule has 0 aromatic heterocycles. The first-order valence-electron chi connectivity index (χ1n) is 6.81. The minimum Gasteiger partial charge on any atom is -0.479 e. The number of carbonyl (C=O) groups is 3. The lowest BCUT2D eigenvalue weighted by Gasteiger charge is -2.28. The molecule has 2 atom stereocenters. The first-order chi connectivity index (χ1) is 9.99. The molecule has 1 fully saturated rings. The number of nitrogens with zero attached hydrogens (tertiary/aromatic N) is 1. The van der Waals surface area contributed by atoms with Crippen molar-refractivity contribution in [2.45, 2.75) is 18.9 Å². The molecule has 0 bridgehead atoms. The Balaban J connectivity index is 2.06. The Morgan fingerprint density at radius 2 is 2.00 bits per heavy atom. The summed E-state index contributed by atoms with van der Waals surface area (Å²) in [7, 11) is 1.69. The van der Waals surface area contributed by atoms with Gasteiger partial charge in [-0.05, 0) is 12.0 Å². The predicted molar refractivity (Wildman–Crippen MR) is 75.3 cm³/mol. The molecule has 1 aromatic rings. The van der Waals surface area contributed by atoms with Crippen molar-refractivity contribution in [3.63, 3.8) is 0 Å². The van der Waals surface area contributed by atoms with Crippen molar-refractivity contribution < 1.29 is 19.5 Å². The van der Waals surface area contributed by atoms with Crippen molar-refractivity contribution in [2.24, 2.45) is 5.92 Å². The lowest BCUT2D eigenvalue weighted by molar-refractivity contribution is -0.144. The molecule has 0 aliphatic carbocycles. The molecule has 0 radical (unpaired) electrons.